The number of likely N-dealkylation sites (N-methyl/N-ethyl adjacent to an activating group) is 1. The molecule has 0 saturated heterocycles. The van der Waals surface area contributed by atoms with Crippen molar-refractivity contribution in [3.05, 3.63) is 24.3 Å². The first-order valence-corrected chi connectivity index (χ1v) is 39.6. The van der Waals surface area contributed by atoms with Crippen molar-refractivity contribution in [3.8, 4) is 0 Å². The summed E-state index contributed by atoms with van der Waals surface area (Å²) >= 11 is 0. The Morgan fingerprint density at radius 2 is 0.593 bits per heavy atom. The van der Waals surface area contributed by atoms with Crippen molar-refractivity contribution in [2.45, 2.75) is 405 Å². The number of hydrogen-bond acceptors (Lipinski definition) is 7. The molecule has 0 amide bonds. The lowest BCUT2D eigenvalue weighted by atomic mass is 10.0. The number of esters is 2. The Morgan fingerprint density at radius 1 is 0.349 bits per heavy atom. The van der Waals surface area contributed by atoms with Gasteiger partial charge in [0.1, 0.15) is 19.8 Å². The molecule has 0 rings (SSSR count). The number of ether oxygens (including phenoxy) is 2. The summed E-state index contributed by atoms with van der Waals surface area (Å²) in [5, 5.41) is 0. The Kier molecular flexibility index (Phi) is 66.7. The maximum atomic E-state index is 12.9. The zero-order valence-electron chi connectivity index (χ0n) is 58.3. The molecule has 0 fully saturated rings. The summed E-state index contributed by atoms with van der Waals surface area (Å²) in [5.74, 6) is -0.772. The largest absolute Gasteiger partial charge is 0.472 e. The van der Waals surface area contributed by atoms with Crippen LogP contribution >= 0.6 is 7.82 Å². The average molecular weight is 1240 g/mol. The van der Waals surface area contributed by atoms with E-state index in [1.54, 1.807) is 0 Å². The smallest absolute Gasteiger partial charge is 0.462 e. The summed E-state index contributed by atoms with van der Waals surface area (Å²) in [6, 6.07) is 0. The Morgan fingerprint density at radius 3 is 0.860 bits per heavy atom. The minimum absolute atomic E-state index is 0.0357. The molecule has 9 nitrogen and oxygen atoms in total. The minimum Gasteiger partial charge on any atom is -0.462 e. The molecule has 2 atom stereocenters. The third-order valence-corrected chi connectivity index (χ3v) is 18.4. The van der Waals surface area contributed by atoms with Crippen LogP contribution in [0.15, 0.2) is 24.3 Å². The van der Waals surface area contributed by atoms with E-state index in [-0.39, 0.29) is 25.6 Å². The summed E-state index contributed by atoms with van der Waals surface area (Å²) in [6.45, 7) is 4.52. The summed E-state index contributed by atoms with van der Waals surface area (Å²) in [4.78, 5) is 35.9. The Balaban J connectivity index is 3.93. The molecule has 0 aromatic heterocycles. The van der Waals surface area contributed by atoms with Gasteiger partial charge in [0, 0.05) is 12.8 Å². The van der Waals surface area contributed by atoms with Crippen molar-refractivity contribution in [3.63, 3.8) is 0 Å². The zero-order valence-corrected chi connectivity index (χ0v) is 59.2. The van der Waals surface area contributed by atoms with E-state index in [1.165, 1.54) is 334 Å². The molecule has 0 aliphatic rings. The summed E-state index contributed by atoms with van der Waals surface area (Å²) in [5.41, 5.74) is 0. The maximum absolute atomic E-state index is 12.9. The monoisotopic (exact) mass is 1240 g/mol. The van der Waals surface area contributed by atoms with Crippen LogP contribution in [0.4, 0.5) is 0 Å². The predicted octanol–water partition coefficient (Wildman–Crippen LogP) is 24.8. The van der Waals surface area contributed by atoms with Gasteiger partial charge in [0.25, 0.3) is 0 Å². The summed E-state index contributed by atoms with van der Waals surface area (Å²) in [7, 11) is 1.50. The van der Waals surface area contributed by atoms with Crippen LogP contribution in [0, 0.1) is 0 Å². The second-order valence-corrected chi connectivity index (χ2v) is 28.8. The first-order chi connectivity index (χ1) is 42.0. The number of quaternary nitrogens is 1. The third-order valence-electron chi connectivity index (χ3n) is 17.5. The lowest BCUT2D eigenvalue weighted by Gasteiger charge is -2.24. The predicted molar refractivity (Wildman–Crippen MR) is 372 cm³/mol. The van der Waals surface area contributed by atoms with Crippen molar-refractivity contribution in [1.82, 2.24) is 0 Å². The van der Waals surface area contributed by atoms with Gasteiger partial charge >= 0.3 is 19.8 Å². The third kappa shape index (κ3) is 71.6. The molecule has 0 aromatic rings. The van der Waals surface area contributed by atoms with Gasteiger partial charge < -0.3 is 18.9 Å². The van der Waals surface area contributed by atoms with E-state index >= 15 is 0 Å². The highest BCUT2D eigenvalue weighted by Gasteiger charge is 2.27. The Bertz CT molecular complexity index is 1500. The molecule has 0 saturated carbocycles. The SMILES string of the molecule is CCCCCCCCCC/C=C\CCCCCCCCCCCCCCCCCCCCCCCCCC(=O)OC(COC(=O)CCCCCCCCCCCCCCCCC/C=C\CCCCCCCCCC)COP(=O)(O)OCC[N+](C)(C)C. The topological polar surface area (TPSA) is 108 Å². The van der Waals surface area contributed by atoms with Crippen LogP contribution in [0.3, 0.4) is 0 Å². The quantitative estimate of drug-likeness (QED) is 0.0211. The molecule has 0 aromatic carbocycles. The van der Waals surface area contributed by atoms with Gasteiger partial charge in [0.05, 0.1) is 27.7 Å². The zero-order chi connectivity index (χ0) is 62.6. The number of carbonyl (C=O) groups is 2. The van der Waals surface area contributed by atoms with Gasteiger partial charge in [-0.05, 0) is 64.2 Å². The number of hydrogen-bond donors (Lipinski definition) is 1. The second-order valence-electron chi connectivity index (χ2n) is 27.4. The molecule has 10 heteroatoms. The second kappa shape index (κ2) is 67.9. The van der Waals surface area contributed by atoms with Crippen LogP contribution < -0.4 is 0 Å². The summed E-state index contributed by atoms with van der Waals surface area (Å²) in [6.07, 6.45) is 86.0. The number of allylic oxidation sites excluding steroid dienone is 4. The van der Waals surface area contributed by atoms with Crippen molar-refractivity contribution in [2.24, 2.45) is 0 Å². The number of nitrogens with zero attached hydrogens (tertiary/aromatic N) is 1. The van der Waals surface area contributed by atoms with Crippen molar-refractivity contribution in [2.75, 3.05) is 47.5 Å². The first-order valence-electron chi connectivity index (χ1n) is 38.1. The lowest BCUT2D eigenvalue weighted by Crippen LogP contribution is -2.37. The molecule has 0 aliphatic heterocycles. The van der Waals surface area contributed by atoms with E-state index < -0.39 is 26.5 Å². The van der Waals surface area contributed by atoms with Crippen molar-refractivity contribution < 1.29 is 42.1 Å². The van der Waals surface area contributed by atoms with Crippen LogP contribution in [-0.2, 0) is 32.7 Å². The van der Waals surface area contributed by atoms with E-state index in [0.717, 1.165) is 38.5 Å². The standard InChI is InChI=1S/C76H148NO8P/c1-6-8-10-12-14-16-18-20-22-24-26-28-30-32-34-35-36-37-38-39-40-41-43-45-47-49-51-53-55-57-59-61-63-65-67-69-76(79)85-74(73-84-86(80,81)83-71-70-77(3,4)5)72-82-75(78)68-66-64-62-60-58-56-54-52-50-48-46-44-42-33-31-29-27-25-23-21-19-17-15-13-11-9-7-2/h24-27,74H,6-23,28-73H2,1-5H3/p+1/b26-24-,27-25-. The fraction of sp³-hybridized carbons (Fsp3) is 0.921. The Hall–Kier alpha value is -1.51. The highest BCUT2D eigenvalue weighted by atomic mass is 31.2. The highest BCUT2D eigenvalue weighted by Crippen LogP contribution is 2.43. The molecule has 0 aliphatic carbocycles. The maximum Gasteiger partial charge on any atom is 0.472 e. The van der Waals surface area contributed by atoms with Gasteiger partial charge in [0.2, 0.25) is 0 Å². The summed E-state index contributed by atoms with van der Waals surface area (Å²) < 4.78 is 34.8. The molecule has 0 spiro atoms. The molecule has 2 unspecified atom stereocenters. The van der Waals surface area contributed by atoms with Crippen LogP contribution in [0.1, 0.15) is 399 Å². The molecular weight excluding hydrogens is 1090 g/mol. The molecule has 86 heavy (non-hydrogen) atoms. The van der Waals surface area contributed by atoms with Gasteiger partial charge in [-0.15, -0.1) is 0 Å². The molecule has 510 valence electrons. The normalized spacial score (nSPS) is 13.1. The van der Waals surface area contributed by atoms with E-state index in [9.17, 15) is 19.0 Å². The number of unbranched alkanes of at least 4 members (excludes halogenated alkanes) is 54. The van der Waals surface area contributed by atoms with Crippen molar-refractivity contribution in [1.29, 1.82) is 0 Å². The molecule has 1 N–H and O–H groups in total. The first kappa shape index (κ1) is 84.5. The highest BCUT2D eigenvalue weighted by molar-refractivity contribution is 7.47. The van der Waals surface area contributed by atoms with E-state index in [2.05, 4.69) is 38.2 Å². The van der Waals surface area contributed by atoms with Gasteiger partial charge in [-0.3, -0.25) is 18.6 Å². The van der Waals surface area contributed by atoms with Crippen LogP contribution in [-0.4, -0.2) is 74.9 Å². The van der Waals surface area contributed by atoms with Gasteiger partial charge in [-0.1, -0.05) is 346 Å². The molecular formula is C76H149NO8P+. The molecule has 0 heterocycles. The minimum atomic E-state index is -4.39. The number of rotatable bonds is 72. The van der Waals surface area contributed by atoms with Crippen molar-refractivity contribution >= 4 is 19.8 Å². The van der Waals surface area contributed by atoms with Gasteiger partial charge in [-0.25, -0.2) is 4.57 Å². The fourth-order valence-corrected chi connectivity index (χ4v) is 12.3. The van der Waals surface area contributed by atoms with Gasteiger partial charge in [-0.2, -0.15) is 0 Å². The number of phosphoric ester groups is 1. The van der Waals surface area contributed by atoms with Gasteiger partial charge in [0.15, 0.2) is 6.10 Å². The number of carbonyl (C=O) groups excluding carboxylic acids is 2. The molecule has 0 radical (unpaired) electrons. The van der Waals surface area contributed by atoms with E-state index in [4.69, 9.17) is 18.5 Å². The molecule has 0 bridgehead atoms. The van der Waals surface area contributed by atoms with Crippen LogP contribution in [0.25, 0.3) is 0 Å². The number of phosphoric acid groups is 1. The van der Waals surface area contributed by atoms with Crippen LogP contribution in [0.2, 0.25) is 0 Å². The fourth-order valence-electron chi connectivity index (χ4n) is 11.6. The average Bonchev–Trinajstić information content (AvgIpc) is 3.56. The lowest BCUT2D eigenvalue weighted by molar-refractivity contribution is -0.870. The van der Waals surface area contributed by atoms with E-state index in [0.29, 0.717) is 17.4 Å². The Labute approximate surface area is 536 Å². The van der Waals surface area contributed by atoms with E-state index in [1.807, 2.05) is 21.1 Å². The van der Waals surface area contributed by atoms with Crippen LogP contribution in [0.5, 0.6) is 0 Å².